The van der Waals surface area contributed by atoms with Gasteiger partial charge < -0.3 is 15.1 Å². The summed E-state index contributed by atoms with van der Waals surface area (Å²) in [6.45, 7) is 6.41. The van der Waals surface area contributed by atoms with Gasteiger partial charge in [0, 0.05) is 64.4 Å². The molecule has 158 valence electrons. The first-order valence-corrected chi connectivity index (χ1v) is 9.60. The van der Waals surface area contributed by atoms with Crippen molar-refractivity contribution in [1.82, 2.24) is 25.1 Å². The molecule has 0 radical (unpaired) electrons. The molecule has 1 atom stereocenters. The Labute approximate surface area is 184 Å². The maximum atomic E-state index is 13.0. The van der Waals surface area contributed by atoms with Crippen molar-refractivity contribution in [3.05, 3.63) is 54.5 Å². The summed E-state index contributed by atoms with van der Waals surface area (Å²) in [4.78, 5) is 28.2. The summed E-state index contributed by atoms with van der Waals surface area (Å²) in [5.41, 5.74) is 1.10. The van der Waals surface area contributed by atoms with E-state index >= 15 is 0 Å². The minimum Gasteiger partial charge on any atom is -0.354 e. The molecule has 0 bridgehead atoms. The van der Waals surface area contributed by atoms with Crippen LogP contribution in [-0.2, 0) is 4.79 Å². The fraction of sp³-hybridized carbons (Fsp3) is 0.450. The number of carbonyl (C=O) groups excluding carboxylic acids is 1. The second kappa shape index (κ2) is 11.3. The number of halogens is 2. The second-order valence-corrected chi connectivity index (χ2v) is 7.04. The molecule has 2 aromatic rings. The molecule has 2 aromatic heterocycles. The van der Waals surface area contributed by atoms with E-state index in [0.717, 1.165) is 57.2 Å². The van der Waals surface area contributed by atoms with Gasteiger partial charge in [-0.25, -0.2) is 4.98 Å². The molecule has 7 nitrogen and oxygen atoms in total. The van der Waals surface area contributed by atoms with Gasteiger partial charge in [0.25, 0.3) is 0 Å². The number of anilines is 1. The summed E-state index contributed by atoms with van der Waals surface area (Å²) >= 11 is 0. The quantitative estimate of drug-likeness (QED) is 0.781. The highest BCUT2D eigenvalue weighted by molar-refractivity contribution is 5.85. The molecular weight excluding hydrogens is 411 g/mol. The average Bonchev–Trinajstić information content (AvgIpc) is 2.75. The maximum absolute atomic E-state index is 13.0. The van der Waals surface area contributed by atoms with E-state index < -0.39 is 0 Å². The predicted octanol–water partition coefficient (Wildman–Crippen LogP) is 1.62. The van der Waals surface area contributed by atoms with E-state index in [9.17, 15) is 4.79 Å². The summed E-state index contributed by atoms with van der Waals surface area (Å²) in [6, 6.07) is 10.0. The Morgan fingerprint density at radius 1 is 1.03 bits per heavy atom. The van der Waals surface area contributed by atoms with Gasteiger partial charge in [-0.15, -0.1) is 24.8 Å². The number of aromatic nitrogens is 2. The molecule has 0 spiro atoms. The molecule has 0 aliphatic carbocycles. The van der Waals surface area contributed by atoms with Gasteiger partial charge >= 0.3 is 0 Å². The number of nitrogens with one attached hydrogen (secondary N) is 1. The van der Waals surface area contributed by atoms with E-state index in [-0.39, 0.29) is 36.8 Å². The normalized spacial score (nSPS) is 19.8. The molecular formula is C20H28Cl2N6O. The fourth-order valence-corrected chi connectivity index (χ4v) is 3.83. The van der Waals surface area contributed by atoms with E-state index in [4.69, 9.17) is 0 Å². The van der Waals surface area contributed by atoms with Gasteiger partial charge in [0.05, 0.1) is 12.6 Å². The first-order valence-electron chi connectivity index (χ1n) is 9.60. The van der Waals surface area contributed by atoms with Crippen LogP contribution in [0.4, 0.5) is 5.82 Å². The fourth-order valence-electron chi connectivity index (χ4n) is 3.83. The molecule has 4 heterocycles. The summed E-state index contributed by atoms with van der Waals surface area (Å²) in [5, 5.41) is 3.40. The second-order valence-electron chi connectivity index (χ2n) is 7.04. The van der Waals surface area contributed by atoms with Crippen molar-refractivity contribution in [2.24, 2.45) is 0 Å². The molecule has 0 saturated carbocycles. The Morgan fingerprint density at radius 2 is 1.86 bits per heavy atom. The third kappa shape index (κ3) is 5.79. The van der Waals surface area contributed by atoms with Crippen molar-refractivity contribution >= 4 is 36.5 Å². The lowest BCUT2D eigenvalue weighted by Crippen LogP contribution is -2.54. The van der Waals surface area contributed by atoms with Gasteiger partial charge in [0.2, 0.25) is 5.91 Å². The monoisotopic (exact) mass is 438 g/mol. The number of rotatable bonds is 4. The summed E-state index contributed by atoms with van der Waals surface area (Å²) in [5.74, 6) is 1.22. The maximum Gasteiger partial charge on any atom is 0.237 e. The third-order valence-electron chi connectivity index (χ3n) is 5.34. The van der Waals surface area contributed by atoms with Crippen LogP contribution in [0.15, 0.2) is 48.9 Å². The SMILES string of the molecule is Cl.Cl.O=C(CN1CCN(c2ccccn2)CC1)N1CCNCC1c1cccnc1. The lowest BCUT2D eigenvalue weighted by molar-refractivity contribution is -0.135. The highest BCUT2D eigenvalue weighted by atomic mass is 35.5. The van der Waals surface area contributed by atoms with Crippen LogP contribution in [0.3, 0.4) is 0 Å². The van der Waals surface area contributed by atoms with Crippen LogP contribution < -0.4 is 10.2 Å². The Hall–Kier alpha value is -1.93. The zero-order valence-electron chi connectivity index (χ0n) is 16.3. The van der Waals surface area contributed by atoms with Crippen LogP contribution in [-0.4, -0.2) is 78.0 Å². The minimum atomic E-state index is 0. The lowest BCUT2D eigenvalue weighted by Gasteiger charge is -2.39. The molecule has 2 aliphatic rings. The Morgan fingerprint density at radius 3 is 2.55 bits per heavy atom. The van der Waals surface area contributed by atoms with Crippen molar-refractivity contribution in [2.45, 2.75) is 6.04 Å². The van der Waals surface area contributed by atoms with Gasteiger partial charge in [-0.2, -0.15) is 0 Å². The molecule has 2 saturated heterocycles. The standard InChI is InChI=1S/C20H26N6O.2ClH/c27-20(26-9-8-22-15-18(26)17-4-3-6-21-14-17)16-24-10-12-25(13-11-24)19-5-1-2-7-23-19;;/h1-7,14,18,22H,8-13,15-16H2;2*1H. The highest BCUT2D eigenvalue weighted by Crippen LogP contribution is 2.22. The van der Waals surface area contributed by atoms with Crippen molar-refractivity contribution in [3.8, 4) is 0 Å². The Balaban J connectivity index is 0.00000150. The predicted molar refractivity (Wildman–Crippen MR) is 119 cm³/mol. The molecule has 29 heavy (non-hydrogen) atoms. The van der Waals surface area contributed by atoms with Gasteiger partial charge in [-0.05, 0) is 23.8 Å². The molecule has 9 heteroatoms. The average molecular weight is 439 g/mol. The van der Waals surface area contributed by atoms with Crippen molar-refractivity contribution in [1.29, 1.82) is 0 Å². The summed E-state index contributed by atoms with van der Waals surface area (Å²) in [6.07, 6.45) is 5.46. The van der Waals surface area contributed by atoms with Crippen molar-refractivity contribution in [2.75, 3.05) is 57.3 Å². The number of hydrogen-bond acceptors (Lipinski definition) is 6. The Bertz CT molecular complexity index is 743. The Kier molecular flexibility index (Phi) is 9.10. The van der Waals surface area contributed by atoms with Crippen LogP contribution in [0.5, 0.6) is 0 Å². The number of carbonyl (C=O) groups is 1. The van der Waals surface area contributed by atoms with E-state index in [1.54, 1.807) is 6.20 Å². The molecule has 1 amide bonds. The molecule has 4 rings (SSSR count). The molecule has 2 fully saturated rings. The van der Waals surface area contributed by atoms with Crippen LogP contribution in [0.1, 0.15) is 11.6 Å². The van der Waals surface area contributed by atoms with Crippen molar-refractivity contribution < 1.29 is 4.79 Å². The zero-order chi connectivity index (χ0) is 18.5. The topological polar surface area (TPSA) is 64.6 Å². The number of amides is 1. The van der Waals surface area contributed by atoms with E-state index in [1.807, 2.05) is 41.6 Å². The number of piperazine rings is 2. The van der Waals surface area contributed by atoms with Gasteiger partial charge in [-0.1, -0.05) is 12.1 Å². The number of hydrogen-bond donors (Lipinski definition) is 1. The summed E-state index contributed by atoms with van der Waals surface area (Å²) in [7, 11) is 0. The van der Waals surface area contributed by atoms with E-state index in [1.165, 1.54) is 0 Å². The van der Waals surface area contributed by atoms with Gasteiger partial charge in [-0.3, -0.25) is 14.7 Å². The highest BCUT2D eigenvalue weighted by Gasteiger charge is 2.29. The number of pyridine rings is 2. The van der Waals surface area contributed by atoms with E-state index in [0.29, 0.717) is 6.54 Å². The van der Waals surface area contributed by atoms with Crippen LogP contribution >= 0.6 is 24.8 Å². The van der Waals surface area contributed by atoms with Gasteiger partial charge in [0.1, 0.15) is 5.82 Å². The molecule has 2 aliphatic heterocycles. The largest absolute Gasteiger partial charge is 0.354 e. The molecule has 1 N–H and O–H groups in total. The third-order valence-corrected chi connectivity index (χ3v) is 5.34. The minimum absolute atomic E-state index is 0. The first-order chi connectivity index (χ1) is 13.3. The van der Waals surface area contributed by atoms with Crippen molar-refractivity contribution in [3.63, 3.8) is 0 Å². The van der Waals surface area contributed by atoms with Crippen LogP contribution in [0.25, 0.3) is 0 Å². The summed E-state index contributed by atoms with van der Waals surface area (Å²) < 4.78 is 0. The molecule has 1 unspecified atom stereocenters. The lowest BCUT2D eigenvalue weighted by atomic mass is 10.1. The van der Waals surface area contributed by atoms with Crippen LogP contribution in [0, 0.1) is 0 Å². The first kappa shape index (κ1) is 23.3. The van der Waals surface area contributed by atoms with Crippen LogP contribution in [0.2, 0.25) is 0 Å². The molecule has 0 aromatic carbocycles. The smallest absolute Gasteiger partial charge is 0.237 e. The van der Waals surface area contributed by atoms with Gasteiger partial charge in [0.15, 0.2) is 0 Å². The number of nitrogens with zero attached hydrogens (tertiary/aromatic N) is 5. The zero-order valence-corrected chi connectivity index (χ0v) is 17.9. The van der Waals surface area contributed by atoms with E-state index in [2.05, 4.69) is 31.2 Å².